The summed E-state index contributed by atoms with van der Waals surface area (Å²) < 4.78 is 1.39. The van der Waals surface area contributed by atoms with Gasteiger partial charge in [-0.2, -0.15) is 0 Å². The monoisotopic (exact) mass is 1310 g/mol. The first-order chi connectivity index (χ1) is 41.4. The van der Waals surface area contributed by atoms with Crippen LogP contribution in [0.2, 0.25) is 0 Å². The van der Waals surface area contributed by atoms with E-state index in [1.54, 1.807) is 0 Å². The molecule has 0 aromatic rings. The van der Waals surface area contributed by atoms with Crippen LogP contribution in [0.4, 0.5) is 0 Å². The minimum atomic E-state index is 0. The van der Waals surface area contributed by atoms with Crippen molar-refractivity contribution in [1.82, 2.24) is 9.80 Å². The molecule has 0 saturated carbocycles. The fourth-order valence-electron chi connectivity index (χ4n) is 12.7. The Kier molecular flexibility index (Phi) is 87.5. The fraction of sp³-hybridized carbons (Fsp3) is 0.974. The maximum absolute atomic E-state index is 5.39. The SMILES string of the molecule is CCCCCCCCCCCCCCCCCCCN(CCCCCCCCCCCCCCCCCCC)C(=S)[S-].CCCCCCCCCCCCCCCCCCCN(CCCCCCCCCCCCCCCCCCC)C(=S)[S-].[Ni+2]. The first-order valence-electron chi connectivity index (χ1n) is 39.4. The van der Waals surface area contributed by atoms with Gasteiger partial charge in [-0.25, -0.2) is 0 Å². The van der Waals surface area contributed by atoms with E-state index in [2.05, 4.69) is 37.5 Å². The van der Waals surface area contributed by atoms with Gasteiger partial charge in [0.1, 0.15) is 0 Å². The summed E-state index contributed by atoms with van der Waals surface area (Å²) in [7, 11) is 0. The van der Waals surface area contributed by atoms with E-state index in [0.29, 0.717) is 8.64 Å². The summed E-state index contributed by atoms with van der Waals surface area (Å²) >= 11 is 21.5. The molecule has 0 aromatic heterocycles. The predicted molar refractivity (Wildman–Crippen MR) is 400 cm³/mol. The molecule has 0 radical (unpaired) electrons. The molecule has 0 heterocycles. The van der Waals surface area contributed by atoms with Crippen molar-refractivity contribution >= 4 is 58.3 Å². The van der Waals surface area contributed by atoms with E-state index >= 15 is 0 Å². The summed E-state index contributed by atoms with van der Waals surface area (Å²) in [5.74, 6) is 0. The Morgan fingerprint density at radius 3 is 0.341 bits per heavy atom. The third kappa shape index (κ3) is 80.8. The summed E-state index contributed by atoms with van der Waals surface area (Å²) in [5.41, 5.74) is 0. The van der Waals surface area contributed by atoms with E-state index in [0.717, 1.165) is 26.2 Å². The van der Waals surface area contributed by atoms with Gasteiger partial charge in [0.05, 0.1) is 0 Å². The Balaban J connectivity index is -0.00000156. The number of hydrogen-bond acceptors (Lipinski definition) is 4. The second kappa shape index (κ2) is 82.7. The van der Waals surface area contributed by atoms with E-state index in [-0.39, 0.29) is 16.5 Å². The largest absolute Gasteiger partial charge is 2.00 e. The zero-order valence-electron chi connectivity index (χ0n) is 58.8. The van der Waals surface area contributed by atoms with E-state index in [4.69, 9.17) is 49.7 Å². The topological polar surface area (TPSA) is 6.48 Å². The van der Waals surface area contributed by atoms with Crippen molar-refractivity contribution in [2.75, 3.05) is 26.2 Å². The maximum atomic E-state index is 5.39. The molecule has 0 spiro atoms. The first kappa shape index (κ1) is 89.9. The number of rotatable bonds is 72. The van der Waals surface area contributed by atoms with Crippen LogP contribution >= 0.6 is 24.4 Å². The van der Waals surface area contributed by atoms with Crippen molar-refractivity contribution in [3.05, 3.63) is 0 Å². The molecule has 0 aliphatic heterocycles. The van der Waals surface area contributed by atoms with E-state index in [1.165, 1.54) is 437 Å². The van der Waals surface area contributed by atoms with E-state index < -0.39 is 0 Å². The molecule has 0 aliphatic rings. The Bertz CT molecular complexity index is 1040. The quantitative estimate of drug-likeness (QED) is 0.0257. The standard InChI is InChI=1S/2C39H79NS2.Ni/c2*1-3-5-7-9-11-13-15-17-19-21-23-25-27-29-31-33-35-37-40(39(41)42)38-36-34-32-30-28-26-24-22-20-18-16-14-12-10-8-6-4-2;/h2*3-38H2,1-2H3,(H,41,42);/q;;+2/p-2. The van der Waals surface area contributed by atoms with Crippen molar-refractivity contribution in [2.45, 2.75) is 464 Å². The second-order valence-corrected chi connectivity index (χ2v) is 29.2. The van der Waals surface area contributed by atoms with Gasteiger partial charge in [0.15, 0.2) is 0 Å². The normalized spacial score (nSPS) is 11.2. The van der Waals surface area contributed by atoms with Gasteiger partial charge >= 0.3 is 16.5 Å². The van der Waals surface area contributed by atoms with Crippen molar-refractivity contribution < 1.29 is 16.5 Å². The van der Waals surface area contributed by atoms with Crippen LogP contribution in [0.5, 0.6) is 0 Å². The molecule has 0 N–H and O–H groups in total. The zero-order valence-corrected chi connectivity index (χ0v) is 63.0. The van der Waals surface area contributed by atoms with Crippen LogP contribution in [-0.4, -0.2) is 44.6 Å². The Hall–Kier alpha value is 0.714. The summed E-state index contributed by atoms with van der Waals surface area (Å²) in [6, 6.07) is 0. The molecular weight excluding hydrogens is 1150 g/mol. The molecule has 0 aliphatic carbocycles. The molecule has 2 nitrogen and oxygen atoms in total. The molecule has 0 amide bonds. The van der Waals surface area contributed by atoms with E-state index in [1.807, 2.05) is 0 Å². The molecule has 0 unspecified atom stereocenters. The molecule has 85 heavy (non-hydrogen) atoms. The van der Waals surface area contributed by atoms with Crippen LogP contribution in [0.25, 0.3) is 0 Å². The summed E-state index contributed by atoms with van der Waals surface area (Å²) in [5, 5.41) is 0. The minimum absolute atomic E-state index is 0. The van der Waals surface area contributed by atoms with Crippen LogP contribution in [0.1, 0.15) is 464 Å². The van der Waals surface area contributed by atoms with Crippen molar-refractivity contribution in [1.29, 1.82) is 0 Å². The molecule has 0 saturated heterocycles. The maximum Gasteiger partial charge on any atom is 2.00 e. The molecule has 512 valence electrons. The molecule has 0 fully saturated rings. The van der Waals surface area contributed by atoms with Crippen LogP contribution in [0.3, 0.4) is 0 Å². The molecular formula is C78H156N2NiS4. The van der Waals surface area contributed by atoms with Crippen LogP contribution < -0.4 is 0 Å². The van der Waals surface area contributed by atoms with E-state index in [9.17, 15) is 0 Å². The molecule has 0 aromatic carbocycles. The summed E-state index contributed by atoms with van der Waals surface area (Å²) in [4.78, 5) is 4.61. The third-order valence-corrected chi connectivity index (χ3v) is 19.7. The van der Waals surface area contributed by atoms with Gasteiger partial charge in [-0.05, 0) is 25.7 Å². The molecule has 7 heteroatoms. The smallest absolute Gasteiger partial charge is 0.411 e. The minimum Gasteiger partial charge on any atom is -0.411 e. The van der Waals surface area contributed by atoms with Crippen LogP contribution in [-0.2, 0) is 41.7 Å². The number of hydrogen-bond donors (Lipinski definition) is 0. The van der Waals surface area contributed by atoms with Crippen LogP contribution in [0, 0.1) is 0 Å². The number of unbranched alkanes of at least 4 members (excludes halogenated alkanes) is 64. The predicted octanol–water partition coefficient (Wildman–Crippen LogP) is 28.8. The Morgan fingerprint density at radius 1 is 0.176 bits per heavy atom. The fourth-order valence-corrected chi connectivity index (χ4v) is 13.4. The van der Waals surface area contributed by atoms with Gasteiger partial charge in [0, 0.05) is 26.2 Å². The Labute approximate surface area is 570 Å². The third-order valence-electron chi connectivity index (χ3n) is 18.6. The van der Waals surface area contributed by atoms with Gasteiger partial charge in [-0.15, -0.1) is 0 Å². The molecule has 0 rings (SSSR count). The number of nitrogens with zero attached hydrogens (tertiary/aromatic N) is 2. The average Bonchev–Trinajstić information content (AvgIpc) is 3.49. The van der Waals surface area contributed by atoms with Crippen LogP contribution in [0.15, 0.2) is 0 Å². The zero-order chi connectivity index (χ0) is 61.2. The molecule has 0 atom stereocenters. The Morgan fingerprint density at radius 2 is 0.259 bits per heavy atom. The van der Waals surface area contributed by atoms with Gasteiger partial charge in [-0.1, -0.05) is 447 Å². The van der Waals surface area contributed by atoms with Gasteiger partial charge in [-0.3, -0.25) is 0 Å². The summed E-state index contributed by atoms with van der Waals surface area (Å²) in [6.45, 7) is 13.5. The summed E-state index contributed by atoms with van der Waals surface area (Å²) in [6.07, 6.45) is 96.9. The van der Waals surface area contributed by atoms with Gasteiger partial charge < -0.3 is 59.5 Å². The number of thiocarbonyl (C=S) groups is 2. The van der Waals surface area contributed by atoms with Crippen molar-refractivity contribution in [3.8, 4) is 0 Å². The van der Waals surface area contributed by atoms with Gasteiger partial charge in [0.25, 0.3) is 0 Å². The van der Waals surface area contributed by atoms with Crippen molar-refractivity contribution in [3.63, 3.8) is 0 Å². The van der Waals surface area contributed by atoms with Gasteiger partial charge in [0.2, 0.25) is 0 Å². The first-order valence-corrected chi connectivity index (χ1v) is 41.0. The second-order valence-electron chi connectivity index (χ2n) is 27.1. The molecule has 0 bridgehead atoms. The average molecular weight is 1310 g/mol. The van der Waals surface area contributed by atoms with Crippen molar-refractivity contribution in [2.24, 2.45) is 0 Å².